The summed E-state index contributed by atoms with van der Waals surface area (Å²) in [5.41, 5.74) is 0.233. The Kier molecular flexibility index (Phi) is 6.11. The summed E-state index contributed by atoms with van der Waals surface area (Å²) < 4.78 is 31.6. The molecule has 0 aromatic heterocycles. The maximum Gasteiger partial charge on any atom is 0.338 e. The van der Waals surface area contributed by atoms with Crippen molar-refractivity contribution >= 4 is 33.7 Å². The van der Waals surface area contributed by atoms with Gasteiger partial charge in [-0.05, 0) is 12.1 Å². The molecule has 1 aromatic carbocycles. The van der Waals surface area contributed by atoms with Crippen molar-refractivity contribution in [1.82, 2.24) is 9.62 Å². The summed E-state index contributed by atoms with van der Waals surface area (Å²) in [5.74, 6) is -0.976. The van der Waals surface area contributed by atoms with Gasteiger partial charge >= 0.3 is 5.97 Å². The van der Waals surface area contributed by atoms with E-state index >= 15 is 0 Å². The molecule has 140 valence electrons. The minimum absolute atomic E-state index is 0.0769. The van der Waals surface area contributed by atoms with Crippen LogP contribution in [-0.2, 0) is 19.6 Å². The lowest BCUT2D eigenvalue weighted by Gasteiger charge is -2.31. The molecule has 0 radical (unpaired) electrons. The highest BCUT2D eigenvalue weighted by atomic mass is 32.2. The molecule has 0 fully saturated rings. The minimum atomic E-state index is -3.75. The van der Waals surface area contributed by atoms with Gasteiger partial charge in [-0.15, -0.1) is 0 Å². The summed E-state index contributed by atoms with van der Waals surface area (Å²) in [6.07, 6.45) is 2.42. The van der Waals surface area contributed by atoms with E-state index in [0.717, 1.165) is 4.31 Å². The first-order chi connectivity index (χ1) is 12.3. The largest absolute Gasteiger partial charge is 0.478 e. The number of carbonyl (C=O) groups is 1. The van der Waals surface area contributed by atoms with Crippen LogP contribution >= 0.6 is 0 Å². The van der Waals surface area contributed by atoms with Gasteiger partial charge in [-0.3, -0.25) is 9.30 Å². The molecule has 0 aliphatic carbocycles. The predicted molar refractivity (Wildman–Crippen MR) is 97.4 cm³/mol. The quantitative estimate of drug-likeness (QED) is 0.529. The normalized spacial score (nSPS) is 17.6. The zero-order valence-electron chi connectivity index (χ0n) is 14.6. The van der Waals surface area contributed by atoms with E-state index in [-0.39, 0.29) is 22.9 Å². The van der Waals surface area contributed by atoms with Crippen LogP contribution in [0.5, 0.6) is 0 Å². The maximum atomic E-state index is 12.7. The molecule has 0 saturated heterocycles. The number of nitrogens with one attached hydrogen (secondary N) is 1. The first-order valence-electron chi connectivity index (χ1n) is 7.60. The van der Waals surface area contributed by atoms with E-state index in [1.165, 1.54) is 39.7 Å². The van der Waals surface area contributed by atoms with Crippen molar-refractivity contribution in [1.29, 1.82) is 0 Å². The minimum Gasteiger partial charge on any atom is -0.478 e. The number of methoxy groups -OCH3 is 1. The molecular formula is C16H20N4O5S. The van der Waals surface area contributed by atoms with Gasteiger partial charge in [-0.25, -0.2) is 18.2 Å². The average molecular weight is 380 g/mol. The zero-order valence-corrected chi connectivity index (χ0v) is 15.4. The van der Waals surface area contributed by atoms with Crippen molar-refractivity contribution in [2.24, 2.45) is 9.98 Å². The maximum absolute atomic E-state index is 12.7. The van der Waals surface area contributed by atoms with Gasteiger partial charge < -0.3 is 15.2 Å². The highest BCUT2D eigenvalue weighted by molar-refractivity contribution is 7.90. The van der Waals surface area contributed by atoms with Crippen LogP contribution in [0.2, 0.25) is 0 Å². The van der Waals surface area contributed by atoms with Gasteiger partial charge in [0.25, 0.3) is 10.0 Å². The first-order valence-corrected chi connectivity index (χ1v) is 9.04. The number of hydrogen-bond donors (Lipinski definition) is 2. The fourth-order valence-corrected chi connectivity index (χ4v) is 3.71. The Morgan fingerprint density at radius 2 is 2.15 bits per heavy atom. The van der Waals surface area contributed by atoms with Crippen LogP contribution in [0, 0.1) is 0 Å². The molecule has 9 nitrogen and oxygen atoms in total. The summed E-state index contributed by atoms with van der Waals surface area (Å²) in [5, 5.41) is 12.0. The van der Waals surface area contributed by atoms with E-state index in [1.54, 1.807) is 18.2 Å². The van der Waals surface area contributed by atoms with Crippen molar-refractivity contribution < 1.29 is 23.1 Å². The number of fused-ring (bicyclic) bond motifs is 1. The molecular weight excluding hydrogens is 360 g/mol. The number of ether oxygens (including phenoxy) is 1. The van der Waals surface area contributed by atoms with Crippen LogP contribution in [0.25, 0.3) is 0 Å². The monoisotopic (exact) mass is 380 g/mol. The van der Waals surface area contributed by atoms with Crippen LogP contribution in [0.15, 0.2) is 50.9 Å². The molecule has 0 amide bonds. The zero-order chi connectivity index (χ0) is 19.3. The molecule has 0 bridgehead atoms. The van der Waals surface area contributed by atoms with Crippen LogP contribution in [0.1, 0.15) is 0 Å². The third-order valence-corrected chi connectivity index (χ3v) is 5.47. The number of likely N-dealkylation sites (N-methyl/N-ethyl adjacent to an activating group) is 1. The molecule has 26 heavy (non-hydrogen) atoms. The molecule has 1 aliphatic rings. The number of para-hydroxylation sites is 1. The lowest BCUT2D eigenvalue weighted by molar-refractivity contribution is -0.132. The number of carboxylic acids is 1. The van der Waals surface area contributed by atoms with Gasteiger partial charge in [0.1, 0.15) is 16.8 Å². The number of carboxylic acid groups (broad SMARTS) is 1. The van der Waals surface area contributed by atoms with Crippen molar-refractivity contribution in [2.75, 3.05) is 27.8 Å². The Balaban J connectivity index is 2.45. The number of nitrogens with zero attached hydrogens (tertiary/aromatic N) is 3. The number of hydrogen-bond acceptors (Lipinski definition) is 7. The summed E-state index contributed by atoms with van der Waals surface area (Å²) in [6.45, 7) is 0.0769. The van der Waals surface area contributed by atoms with E-state index in [1.807, 2.05) is 0 Å². The summed E-state index contributed by atoms with van der Waals surface area (Å²) in [7, 11) is 0.542. The summed E-state index contributed by atoms with van der Waals surface area (Å²) in [4.78, 5) is 19.4. The highest BCUT2D eigenvalue weighted by Gasteiger charge is 2.34. The van der Waals surface area contributed by atoms with E-state index < -0.39 is 22.0 Å². The van der Waals surface area contributed by atoms with Crippen molar-refractivity contribution in [3.05, 3.63) is 36.0 Å². The lowest BCUT2D eigenvalue weighted by Crippen LogP contribution is -2.49. The van der Waals surface area contributed by atoms with Crippen molar-refractivity contribution in [3.8, 4) is 0 Å². The molecule has 10 heteroatoms. The molecule has 0 saturated carbocycles. The third kappa shape index (κ3) is 3.92. The summed E-state index contributed by atoms with van der Waals surface area (Å²) >= 11 is 0. The van der Waals surface area contributed by atoms with Crippen molar-refractivity contribution in [3.63, 3.8) is 0 Å². The smallest absolute Gasteiger partial charge is 0.338 e. The summed E-state index contributed by atoms with van der Waals surface area (Å²) in [6, 6.07) is 5.72. The molecule has 1 unspecified atom stereocenters. The van der Waals surface area contributed by atoms with Gasteiger partial charge in [0, 0.05) is 33.6 Å². The van der Waals surface area contributed by atoms with Gasteiger partial charge in [0.15, 0.2) is 0 Å². The molecule has 2 N–H and O–H groups in total. The Morgan fingerprint density at radius 3 is 2.77 bits per heavy atom. The second-order valence-electron chi connectivity index (χ2n) is 5.38. The first kappa shape index (κ1) is 19.6. The molecule has 1 aliphatic heterocycles. The van der Waals surface area contributed by atoms with E-state index in [0.29, 0.717) is 5.69 Å². The number of rotatable bonds is 7. The number of benzene rings is 1. The molecule has 1 heterocycles. The van der Waals surface area contributed by atoms with E-state index in [4.69, 9.17) is 9.84 Å². The van der Waals surface area contributed by atoms with Gasteiger partial charge in [-0.2, -0.15) is 0 Å². The molecule has 1 atom stereocenters. The number of amidine groups is 1. The number of sulfonamides is 1. The molecule has 2 rings (SSSR count). The third-order valence-electron chi connectivity index (χ3n) is 3.66. The fraction of sp³-hybridized carbons (Fsp3) is 0.312. The van der Waals surface area contributed by atoms with Crippen LogP contribution in [0.3, 0.4) is 0 Å². The van der Waals surface area contributed by atoms with Gasteiger partial charge in [-0.1, -0.05) is 12.1 Å². The van der Waals surface area contributed by atoms with Crippen LogP contribution < -0.4 is 5.32 Å². The van der Waals surface area contributed by atoms with E-state index in [2.05, 4.69) is 15.3 Å². The topological polar surface area (TPSA) is 121 Å². The number of aliphatic imine (C=N–C) groups is 2. The van der Waals surface area contributed by atoms with Gasteiger partial charge in [0.2, 0.25) is 0 Å². The molecule has 0 spiro atoms. The average Bonchev–Trinajstić information content (AvgIpc) is 2.60. The van der Waals surface area contributed by atoms with Crippen LogP contribution in [-0.4, -0.2) is 69.7 Å². The Hall–Kier alpha value is -2.72. The second kappa shape index (κ2) is 8.11. The Labute approximate surface area is 151 Å². The predicted octanol–water partition coefficient (Wildman–Crippen LogP) is 0.624. The Morgan fingerprint density at radius 1 is 1.46 bits per heavy atom. The molecule has 1 aromatic rings. The van der Waals surface area contributed by atoms with Gasteiger partial charge in [0.05, 0.1) is 17.9 Å². The Bertz CT molecular complexity index is 876. The SMILES string of the molecule is CN=C/C(=C\NC(COC)C1=Nc2ccccc2S(=O)(=O)N1C)C(=O)O. The van der Waals surface area contributed by atoms with Crippen LogP contribution in [0.4, 0.5) is 5.69 Å². The van der Waals surface area contributed by atoms with Crippen molar-refractivity contribution in [2.45, 2.75) is 10.9 Å². The lowest BCUT2D eigenvalue weighted by atomic mass is 10.2. The highest BCUT2D eigenvalue weighted by Crippen LogP contribution is 2.31. The standard InChI is InChI=1S/C16H20N4O5S/c1-17-8-11(16(21)22)9-18-13(10-25-3)15-19-12-6-4-5-7-14(12)26(23,24)20(15)2/h4-9,13,18H,10H2,1-3H3,(H,21,22)/b11-9+,17-8?. The second-order valence-corrected chi connectivity index (χ2v) is 7.31. The van der Waals surface area contributed by atoms with E-state index in [9.17, 15) is 13.2 Å². The fourth-order valence-electron chi connectivity index (χ4n) is 2.38. The number of aliphatic carboxylic acids is 1.